The van der Waals surface area contributed by atoms with E-state index < -0.39 is 0 Å². The highest BCUT2D eigenvalue weighted by Gasteiger charge is 2.12. The predicted octanol–water partition coefficient (Wildman–Crippen LogP) is 4.80. The molecule has 2 rings (SSSR count). The quantitative estimate of drug-likeness (QED) is 0.743. The third kappa shape index (κ3) is 3.13. The number of Topliss-reactive ketones (excluding diaryl/α,β-unsaturated/α-hetero) is 1. The highest BCUT2D eigenvalue weighted by Crippen LogP contribution is 2.21. The number of aryl methyl sites for hydroxylation is 2. The minimum atomic E-state index is 0.174. The molecule has 0 aromatic heterocycles. The van der Waals surface area contributed by atoms with Crippen LogP contribution in [0.25, 0.3) is 0 Å². The van der Waals surface area contributed by atoms with E-state index in [1.54, 1.807) is 0 Å². The summed E-state index contributed by atoms with van der Waals surface area (Å²) in [6, 6.07) is 12.0. The molecule has 0 saturated carbocycles. The van der Waals surface area contributed by atoms with E-state index in [1.807, 2.05) is 25.1 Å². The van der Waals surface area contributed by atoms with Crippen LogP contribution >= 0.6 is 15.9 Å². The van der Waals surface area contributed by atoms with Gasteiger partial charge >= 0.3 is 0 Å². The molecule has 2 heteroatoms. The van der Waals surface area contributed by atoms with Crippen molar-refractivity contribution in [3.05, 3.63) is 68.7 Å². The molecule has 0 saturated heterocycles. The van der Waals surface area contributed by atoms with Crippen molar-refractivity contribution in [2.24, 2.45) is 0 Å². The lowest BCUT2D eigenvalue weighted by molar-refractivity contribution is 0.0992. The molecule has 0 aliphatic heterocycles. The van der Waals surface area contributed by atoms with Gasteiger partial charge in [-0.25, -0.2) is 0 Å². The molecule has 0 heterocycles. The molecule has 98 valence electrons. The summed E-state index contributed by atoms with van der Waals surface area (Å²) in [7, 11) is 0. The zero-order valence-electron chi connectivity index (χ0n) is 11.5. The number of carbonyl (C=O) groups is 1. The van der Waals surface area contributed by atoms with Crippen LogP contribution in [0.2, 0.25) is 0 Å². The molecular weight excluding hydrogens is 300 g/mol. The molecule has 1 nitrogen and oxygen atoms in total. The fourth-order valence-electron chi connectivity index (χ4n) is 2.17. The van der Waals surface area contributed by atoms with Crippen LogP contribution in [0.3, 0.4) is 0 Å². The van der Waals surface area contributed by atoms with Gasteiger partial charge in [-0.2, -0.15) is 0 Å². The zero-order valence-corrected chi connectivity index (χ0v) is 13.0. The van der Waals surface area contributed by atoms with Gasteiger partial charge in [0.25, 0.3) is 0 Å². The molecule has 0 fully saturated rings. The average molecular weight is 317 g/mol. The van der Waals surface area contributed by atoms with Crippen LogP contribution in [0.4, 0.5) is 0 Å². The maximum absolute atomic E-state index is 12.4. The van der Waals surface area contributed by atoms with E-state index in [2.05, 4.69) is 48.0 Å². The number of rotatable bonds is 3. The third-order valence-corrected chi connectivity index (χ3v) is 4.28. The minimum absolute atomic E-state index is 0.174. The largest absolute Gasteiger partial charge is 0.294 e. The topological polar surface area (TPSA) is 17.1 Å². The van der Waals surface area contributed by atoms with E-state index in [1.165, 1.54) is 11.1 Å². The summed E-state index contributed by atoms with van der Waals surface area (Å²) >= 11 is 3.47. The third-order valence-electron chi connectivity index (χ3n) is 3.42. The van der Waals surface area contributed by atoms with E-state index in [0.29, 0.717) is 6.42 Å². The Balaban J connectivity index is 2.31. The second-order valence-corrected chi connectivity index (χ2v) is 5.80. The van der Waals surface area contributed by atoms with Crippen molar-refractivity contribution in [2.45, 2.75) is 27.2 Å². The van der Waals surface area contributed by atoms with Gasteiger partial charge in [-0.3, -0.25) is 4.79 Å². The van der Waals surface area contributed by atoms with Gasteiger partial charge in [-0.1, -0.05) is 51.8 Å². The van der Waals surface area contributed by atoms with Gasteiger partial charge in [0, 0.05) is 16.5 Å². The lowest BCUT2D eigenvalue weighted by Gasteiger charge is -2.09. The standard InChI is InChI=1S/C17H17BrO/c1-11-7-8-12(2)14(9-11)10-17(19)15-5-4-6-16(18)13(15)3/h4-9H,10H2,1-3H3. The normalized spacial score (nSPS) is 10.5. The van der Waals surface area contributed by atoms with E-state index >= 15 is 0 Å². The lowest BCUT2D eigenvalue weighted by Crippen LogP contribution is -2.07. The van der Waals surface area contributed by atoms with Crippen LogP contribution in [0.5, 0.6) is 0 Å². The van der Waals surface area contributed by atoms with Gasteiger partial charge in [0.1, 0.15) is 0 Å². The van der Waals surface area contributed by atoms with Crippen molar-refractivity contribution in [1.82, 2.24) is 0 Å². The fraction of sp³-hybridized carbons (Fsp3) is 0.235. The summed E-state index contributed by atoms with van der Waals surface area (Å²) in [4.78, 5) is 12.4. The van der Waals surface area contributed by atoms with Crippen molar-refractivity contribution in [3.8, 4) is 0 Å². The molecular formula is C17H17BrO. The minimum Gasteiger partial charge on any atom is -0.294 e. The SMILES string of the molecule is Cc1ccc(C)c(CC(=O)c2cccc(Br)c2C)c1. The lowest BCUT2D eigenvalue weighted by atomic mass is 9.96. The Labute approximate surface area is 122 Å². The van der Waals surface area contributed by atoms with E-state index in [-0.39, 0.29) is 5.78 Å². The number of carbonyl (C=O) groups excluding carboxylic acids is 1. The molecule has 0 amide bonds. The second-order valence-electron chi connectivity index (χ2n) is 4.94. The average Bonchev–Trinajstić information content (AvgIpc) is 2.37. The predicted molar refractivity (Wildman–Crippen MR) is 82.8 cm³/mol. The van der Waals surface area contributed by atoms with Crippen molar-refractivity contribution in [2.75, 3.05) is 0 Å². The summed E-state index contributed by atoms with van der Waals surface area (Å²) in [5.41, 5.74) is 5.29. The van der Waals surface area contributed by atoms with Crippen LogP contribution < -0.4 is 0 Å². The Morgan fingerprint density at radius 2 is 1.84 bits per heavy atom. The van der Waals surface area contributed by atoms with Crippen LogP contribution in [0, 0.1) is 20.8 Å². The van der Waals surface area contributed by atoms with Gasteiger partial charge in [-0.15, -0.1) is 0 Å². The van der Waals surface area contributed by atoms with E-state index in [0.717, 1.165) is 21.2 Å². The molecule has 0 bridgehead atoms. The van der Waals surface area contributed by atoms with E-state index in [4.69, 9.17) is 0 Å². The molecule has 0 aliphatic carbocycles. The van der Waals surface area contributed by atoms with Gasteiger partial charge in [0.05, 0.1) is 0 Å². The first-order valence-electron chi connectivity index (χ1n) is 6.33. The zero-order chi connectivity index (χ0) is 14.0. The molecule has 2 aromatic rings. The first-order chi connectivity index (χ1) is 8.99. The molecule has 2 aromatic carbocycles. The Morgan fingerprint density at radius 3 is 2.58 bits per heavy atom. The molecule has 19 heavy (non-hydrogen) atoms. The number of halogens is 1. The summed E-state index contributed by atoms with van der Waals surface area (Å²) < 4.78 is 0.985. The molecule has 0 N–H and O–H groups in total. The highest BCUT2D eigenvalue weighted by atomic mass is 79.9. The summed E-state index contributed by atoms with van der Waals surface area (Å²) in [5, 5.41) is 0. The number of ketones is 1. The smallest absolute Gasteiger partial charge is 0.167 e. The number of benzene rings is 2. The van der Waals surface area contributed by atoms with Crippen LogP contribution in [0.1, 0.15) is 32.6 Å². The number of hydrogen-bond donors (Lipinski definition) is 0. The Morgan fingerprint density at radius 1 is 1.11 bits per heavy atom. The summed E-state index contributed by atoms with van der Waals surface area (Å²) in [6.45, 7) is 6.08. The molecule has 0 atom stereocenters. The molecule has 0 aliphatic rings. The van der Waals surface area contributed by atoms with Crippen LogP contribution in [-0.2, 0) is 6.42 Å². The Bertz CT molecular complexity index is 629. The van der Waals surface area contributed by atoms with Crippen molar-refractivity contribution in [3.63, 3.8) is 0 Å². The maximum Gasteiger partial charge on any atom is 0.167 e. The van der Waals surface area contributed by atoms with Crippen molar-refractivity contribution < 1.29 is 4.79 Å². The monoisotopic (exact) mass is 316 g/mol. The first kappa shape index (κ1) is 14.0. The molecule has 0 spiro atoms. The Hall–Kier alpha value is -1.41. The van der Waals surface area contributed by atoms with Crippen LogP contribution in [-0.4, -0.2) is 5.78 Å². The molecule has 0 radical (unpaired) electrons. The molecule has 0 unspecified atom stereocenters. The number of hydrogen-bond acceptors (Lipinski definition) is 1. The summed E-state index contributed by atoms with van der Waals surface area (Å²) in [6.07, 6.45) is 0.463. The first-order valence-corrected chi connectivity index (χ1v) is 7.13. The summed E-state index contributed by atoms with van der Waals surface area (Å²) in [5.74, 6) is 0.174. The van der Waals surface area contributed by atoms with Crippen molar-refractivity contribution >= 4 is 21.7 Å². The highest BCUT2D eigenvalue weighted by molar-refractivity contribution is 9.10. The van der Waals surface area contributed by atoms with Crippen LogP contribution in [0.15, 0.2) is 40.9 Å². The van der Waals surface area contributed by atoms with E-state index in [9.17, 15) is 4.79 Å². The maximum atomic E-state index is 12.4. The van der Waals surface area contributed by atoms with Gasteiger partial charge in [0.2, 0.25) is 0 Å². The van der Waals surface area contributed by atoms with Gasteiger partial charge in [-0.05, 0) is 43.5 Å². The van der Waals surface area contributed by atoms with Gasteiger partial charge < -0.3 is 0 Å². The fourth-order valence-corrected chi connectivity index (χ4v) is 2.53. The van der Waals surface area contributed by atoms with Crippen molar-refractivity contribution in [1.29, 1.82) is 0 Å². The Kier molecular flexibility index (Phi) is 4.20. The van der Waals surface area contributed by atoms with Gasteiger partial charge in [0.15, 0.2) is 5.78 Å². The second kappa shape index (κ2) is 5.70.